The van der Waals surface area contributed by atoms with Crippen molar-refractivity contribution in [3.05, 3.63) is 122 Å². The highest BCUT2D eigenvalue weighted by Crippen LogP contribution is 2.46. The Hall–Kier alpha value is -4.71. The Labute approximate surface area is 297 Å². The summed E-state index contributed by atoms with van der Waals surface area (Å²) >= 11 is 0. The summed E-state index contributed by atoms with van der Waals surface area (Å²) in [6, 6.07) is 19.3. The Morgan fingerprint density at radius 3 is 1.12 bits per heavy atom. The summed E-state index contributed by atoms with van der Waals surface area (Å²) in [7, 11) is 0. The molecule has 0 amide bonds. The summed E-state index contributed by atoms with van der Waals surface area (Å²) in [4.78, 5) is 36.7. The predicted octanol–water partition coefficient (Wildman–Crippen LogP) is 10.5. The van der Waals surface area contributed by atoms with Gasteiger partial charge in [-0.05, 0) is 107 Å². The third-order valence-corrected chi connectivity index (χ3v) is 11.4. The van der Waals surface area contributed by atoms with Crippen LogP contribution in [0.2, 0.25) is 0 Å². The SMILES string of the molecule is CCC(C)c1cc(C(C)(C)c2ccc(C(C)(c3cc(C=O)c(O)c(C(C)CC)c3)c3cc(C=O)c(O)c(C(C)CC)c3)cc2)cc(C=O)c1O. The highest BCUT2D eigenvalue weighted by atomic mass is 16.3. The molecule has 0 saturated carbocycles. The van der Waals surface area contributed by atoms with Crippen LogP contribution in [0.4, 0.5) is 0 Å². The second-order valence-electron chi connectivity index (χ2n) is 14.6. The Kier molecular flexibility index (Phi) is 11.5. The Balaban J connectivity index is 2.02. The van der Waals surface area contributed by atoms with E-state index in [2.05, 4.69) is 26.0 Å². The Morgan fingerprint density at radius 2 is 0.800 bits per heavy atom. The number of hydrogen-bond acceptors (Lipinski definition) is 6. The van der Waals surface area contributed by atoms with E-state index in [0.29, 0.717) is 30.0 Å². The van der Waals surface area contributed by atoms with Gasteiger partial charge in [0.05, 0.1) is 16.7 Å². The van der Waals surface area contributed by atoms with E-state index in [-0.39, 0.29) is 51.7 Å². The van der Waals surface area contributed by atoms with Crippen LogP contribution >= 0.6 is 0 Å². The van der Waals surface area contributed by atoms with Gasteiger partial charge in [-0.3, -0.25) is 14.4 Å². The van der Waals surface area contributed by atoms with Gasteiger partial charge in [-0.2, -0.15) is 0 Å². The Morgan fingerprint density at radius 1 is 0.500 bits per heavy atom. The summed E-state index contributed by atoms with van der Waals surface area (Å²) in [5.41, 5.74) is 5.58. The van der Waals surface area contributed by atoms with Crippen molar-refractivity contribution in [1.82, 2.24) is 0 Å². The van der Waals surface area contributed by atoms with Gasteiger partial charge in [0.15, 0.2) is 18.9 Å². The second-order valence-corrected chi connectivity index (χ2v) is 14.6. The first kappa shape index (κ1) is 38.1. The fourth-order valence-electron chi connectivity index (χ4n) is 6.92. The normalized spacial score (nSPS) is 14.7. The molecular weight excluding hydrogens is 624 g/mol. The van der Waals surface area contributed by atoms with E-state index in [4.69, 9.17) is 0 Å². The van der Waals surface area contributed by atoms with Crippen LogP contribution in [-0.4, -0.2) is 34.2 Å². The van der Waals surface area contributed by atoms with E-state index in [9.17, 15) is 29.7 Å². The van der Waals surface area contributed by atoms with Crippen molar-refractivity contribution in [1.29, 1.82) is 0 Å². The smallest absolute Gasteiger partial charge is 0.153 e. The molecule has 6 nitrogen and oxygen atoms in total. The van der Waals surface area contributed by atoms with Crippen LogP contribution in [0.3, 0.4) is 0 Å². The zero-order valence-corrected chi connectivity index (χ0v) is 30.9. The number of phenols is 3. The molecule has 0 aromatic heterocycles. The fourth-order valence-corrected chi connectivity index (χ4v) is 6.92. The van der Waals surface area contributed by atoms with Crippen LogP contribution in [0, 0.1) is 0 Å². The third-order valence-electron chi connectivity index (χ3n) is 11.4. The molecule has 3 unspecified atom stereocenters. The molecule has 0 radical (unpaired) electrons. The number of benzene rings is 4. The summed E-state index contributed by atoms with van der Waals surface area (Å²) in [6.07, 6.45) is 4.37. The first-order valence-corrected chi connectivity index (χ1v) is 17.7. The van der Waals surface area contributed by atoms with Gasteiger partial charge in [0.2, 0.25) is 0 Å². The van der Waals surface area contributed by atoms with E-state index < -0.39 is 10.8 Å². The molecule has 3 N–H and O–H groups in total. The van der Waals surface area contributed by atoms with E-state index in [0.717, 1.165) is 52.6 Å². The lowest BCUT2D eigenvalue weighted by Gasteiger charge is -2.35. The third kappa shape index (κ3) is 6.73. The molecular formula is C44H52O6. The van der Waals surface area contributed by atoms with Gasteiger partial charge in [-0.15, -0.1) is 0 Å². The van der Waals surface area contributed by atoms with Crippen molar-refractivity contribution in [2.75, 3.05) is 0 Å². The molecule has 4 rings (SSSR count). The average Bonchev–Trinajstić information content (AvgIpc) is 3.13. The van der Waals surface area contributed by atoms with Crippen molar-refractivity contribution in [2.45, 2.75) is 110 Å². The molecule has 3 atom stereocenters. The van der Waals surface area contributed by atoms with Crippen LogP contribution < -0.4 is 0 Å². The molecule has 0 heterocycles. The number of aldehydes is 3. The molecule has 0 spiro atoms. The number of rotatable bonds is 14. The van der Waals surface area contributed by atoms with Crippen molar-refractivity contribution in [3.63, 3.8) is 0 Å². The lowest BCUT2D eigenvalue weighted by molar-refractivity contribution is 0.111. The average molecular weight is 677 g/mol. The molecule has 50 heavy (non-hydrogen) atoms. The van der Waals surface area contributed by atoms with Gasteiger partial charge >= 0.3 is 0 Å². The summed E-state index contributed by atoms with van der Waals surface area (Å²) in [5.74, 6) is -0.0139. The van der Waals surface area contributed by atoms with E-state index in [1.54, 1.807) is 18.2 Å². The first-order valence-electron chi connectivity index (χ1n) is 17.7. The molecule has 0 aliphatic rings. The molecule has 0 aliphatic heterocycles. The van der Waals surface area contributed by atoms with Crippen LogP contribution in [0.1, 0.15) is 175 Å². The topological polar surface area (TPSA) is 112 Å². The monoisotopic (exact) mass is 676 g/mol. The molecule has 264 valence electrons. The standard InChI is InChI=1S/C44H52O6/c1-10-26(4)37-20-34(17-29(23-45)40(37)48)43(7,8)32-13-15-33(16-14-32)44(9,35-18-30(24-46)41(49)38(21-35)27(5)11-2)36-19-31(25-47)42(50)39(22-36)28(6)12-3/h13-28,48-50H,10-12H2,1-9H3. The molecule has 4 aromatic carbocycles. The predicted molar refractivity (Wildman–Crippen MR) is 201 cm³/mol. The molecule has 0 bridgehead atoms. The molecule has 0 saturated heterocycles. The quantitative estimate of drug-likeness (QED) is 0.0905. The van der Waals surface area contributed by atoms with Crippen LogP contribution in [-0.2, 0) is 10.8 Å². The van der Waals surface area contributed by atoms with Gasteiger partial charge in [-0.1, -0.05) is 97.9 Å². The maximum absolute atomic E-state index is 12.3. The zero-order chi connectivity index (χ0) is 37.1. The summed E-state index contributed by atoms with van der Waals surface area (Å²) < 4.78 is 0. The number of hydrogen-bond donors (Lipinski definition) is 3. The minimum Gasteiger partial charge on any atom is -0.507 e. The van der Waals surface area contributed by atoms with Crippen molar-refractivity contribution < 1.29 is 29.7 Å². The fraction of sp³-hybridized carbons (Fsp3) is 0.386. The van der Waals surface area contributed by atoms with E-state index in [1.165, 1.54) is 0 Å². The lowest BCUT2D eigenvalue weighted by Crippen LogP contribution is -2.27. The minimum atomic E-state index is -0.920. The van der Waals surface area contributed by atoms with Gasteiger partial charge in [0, 0.05) is 10.8 Å². The molecule has 6 heteroatoms. The van der Waals surface area contributed by atoms with Gasteiger partial charge < -0.3 is 15.3 Å². The minimum absolute atomic E-state index is 0.0241. The number of aromatic hydroxyl groups is 3. The first-order chi connectivity index (χ1) is 23.6. The lowest BCUT2D eigenvalue weighted by atomic mass is 9.68. The van der Waals surface area contributed by atoms with E-state index in [1.807, 2.05) is 78.8 Å². The number of carbonyl (C=O) groups is 3. The van der Waals surface area contributed by atoms with Crippen LogP contribution in [0.25, 0.3) is 0 Å². The van der Waals surface area contributed by atoms with Gasteiger partial charge in [0.1, 0.15) is 17.2 Å². The van der Waals surface area contributed by atoms with Crippen molar-refractivity contribution >= 4 is 18.9 Å². The Bertz CT molecular complexity index is 1810. The molecule has 0 aliphatic carbocycles. The van der Waals surface area contributed by atoms with E-state index >= 15 is 0 Å². The summed E-state index contributed by atoms with van der Waals surface area (Å²) in [5, 5.41) is 33.0. The maximum atomic E-state index is 12.3. The maximum Gasteiger partial charge on any atom is 0.153 e. The number of phenolic OH excluding ortho intramolecular Hbond substituents is 3. The molecule has 0 fully saturated rings. The second kappa shape index (κ2) is 15.0. The summed E-state index contributed by atoms with van der Waals surface area (Å²) in [6.45, 7) is 18.4. The van der Waals surface area contributed by atoms with Crippen LogP contribution in [0.15, 0.2) is 60.7 Å². The van der Waals surface area contributed by atoms with Crippen molar-refractivity contribution in [2.24, 2.45) is 0 Å². The van der Waals surface area contributed by atoms with Gasteiger partial charge in [0.25, 0.3) is 0 Å². The number of carbonyl (C=O) groups excluding carboxylic acids is 3. The van der Waals surface area contributed by atoms with Gasteiger partial charge in [-0.25, -0.2) is 0 Å². The highest BCUT2D eigenvalue weighted by Gasteiger charge is 2.36. The largest absolute Gasteiger partial charge is 0.507 e. The highest BCUT2D eigenvalue weighted by molar-refractivity contribution is 5.83. The molecule has 4 aromatic rings. The van der Waals surface area contributed by atoms with Crippen LogP contribution in [0.5, 0.6) is 17.2 Å². The zero-order valence-electron chi connectivity index (χ0n) is 30.9. The van der Waals surface area contributed by atoms with Crippen molar-refractivity contribution in [3.8, 4) is 17.2 Å².